The molecule has 0 spiro atoms. The zero-order valence-electron chi connectivity index (χ0n) is 12.3. The fraction of sp³-hybridized carbons (Fsp3) is 0.375. The summed E-state index contributed by atoms with van der Waals surface area (Å²) in [4.78, 5) is 12.2. The molecule has 2 aromatic rings. The smallest absolute Gasteiger partial charge is 0.290 e. The zero-order chi connectivity index (χ0) is 15.3. The van der Waals surface area contributed by atoms with Gasteiger partial charge in [-0.2, -0.15) is 0 Å². The molecule has 1 amide bonds. The van der Waals surface area contributed by atoms with E-state index in [1.165, 1.54) is 0 Å². The molecule has 0 saturated heterocycles. The Labute approximate surface area is 124 Å². The molecule has 0 fully saturated rings. The number of aliphatic hydroxyl groups is 1. The van der Waals surface area contributed by atoms with Crippen molar-refractivity contribution < 1.29 is 14.4 Å². The maximum atomic E-state index is 12.2. The van der Waals surface area contributed by atoms with Crippen molar-refractivity contribution in [2.45, 2.75) is 32.2 Å². The second-order valence-electron chi connectivity index (χ2n) is 5.04. The van der Waals surface area contributed by atoms with Crippen LogP contribution in [0.25, 0.3) is 11.3 Å². The Morgan fingerprint density at radius 2 is 1.95 bits per heavy atom. The van der Waals surface area contributed by atoms with Crippen LogP contribution in [0.2, 0.25) is 0 Å². The Kier molecular flexibility index (Phi) is 4.75. The molecule has 0 aliphatic heterocycles. The highest BCUT2D eigenvalue weighted by atomic mass is 16.5. The maximum absolute atomic E-state index is 12.2. The quantitative estimate of drug-likeness (QED) is 0.856. The third-order valence-electron chi connectivity index (χ3n) is 3.84. The van der Waals surface area contributed by atoms with Crippen LogP contribution in [0.3, 0.4) is 0 Å². The van der Waals surface area contributed by atoms with Gasteiger partial charge in [0.05, 0.1) is 12.1 Å². The van der Waals surface area contributed by atoms with Gasteiger partial charge in [0.2, 0.25) is 5.76 Å². The number of amides is 1. The number of hydrogen-bond acceptors (Lipinski definition) is 4. The summed E-state index contributed by atoms with van der Waals surface area (Å²) in [5, 5.41) is 16.2. The topological polar surface area (TPSA) is 75.4 Å². The lowest BCUT2D eigenvalue weighted by molar-refractivity contribution is 0.0782. The lowest BCUT2D eigenvalue weighted by Gasteiger charge is -2.30. The van der Waals surface area contributed by atoms with Crippen molar-refractivity contribution in [3.05, 3.63) is 42.2 Å². The van der Waals surface area contributed by atoms with Crippen LogP contribution in [0.5, 0.6) is 0 Å². The summed E-state index contributed by atoms with van der Waals surface area (Å²) in [5.74, 6) is -0.212. The van der Waals surface area contributed by atoms with E-state index in [9.17, 15) is 9.90 Å². The lowest BCUT2D eigenvalue weighted by atomic mass is 9.94. The van der Waals surface area contributed by atoms with Crippen LogP contribution in [-0.2, 0) is 0 Å². The van der Waals surface area contributed by atoms with E-state index in [2.05, 4.69) is 10.5 Å². The standard InChI is InChI=1S/C16H20N2O3/c1-3-16(4-2,11-19)17-15(20)14-10-13(18-21-14)12-8-6-5-7-9-12/h5-10,19H,3-4,11H2,1-2H3,(H,17,20). The second kappa shape index (κ2) is 6.54. The molecule has 0 atom stereocenters. The highest BCUT2D eigenvalue weighted by Crippen LogP contribution is 2.20. The number of rotatable bonds is 6. The molecule has 2 N–H and O–H groups in total. The van der Waals surface area contributed by atoms with Crippen LogP contribution in [0.15, 0.2) is 40.9 Å². The van der Waals surface area contributed by atoms with Gasteiger partial charge in [-0.1, -0.05) is 49.3 Å². The number of carbonyl (C=O) groups excluding carboxylic acids is 1. The third-order valence-corrected chi connectivity index (χ3v) is 3.84. The average molecular weight is 288 g/mol. The van der Waals surface area contributed by atoms with Crippen molar-refractivity contribution in [3.63, 3.8) is 0 Å². The fourth-order valence-electron chi connectivity index (χ4n) is 2.12. The van der Waals surface area contributed by atoms with Gasteiger partial charge in [0.25, 0.3) is 5.91 Å². The number of hydrogen-bond donors (Lipinski definition) is 2. The molecule has 0 unspecified atom stereocenters. The molecule has 2 rings (SSSR count). The van der Waals surface area contributed by atoms with E-state index in [4.69, 9.17) is 4.52 Å². The van der Waals surface area contributed by atoms with Gasteiger partial charge in [0.1, 0.15) is 5.69 Å². The molecule has 21 heavy (non-hydrogen) atoms. The Hall–Kier alpha value is -2.14. The molecule has 0 bridgehead atoms. The lowest BCUT2D eigenvalue weighted by Crippen LogP contribution is -2.50. The second-order valence-corrected chi connectivity index (χ2v) is 5.04. The molecule has 5 heteroatoms. The molecule has 0 radical (unpaired) electrons. The first-order chi connectivity index (χ1) is 10.1. The molecule has 0 aliphatic carbocycles. The normalized spacial score (nSPS) is 11.4. The first kappa shape index (κ1) is 15.3. The summed E-state index contributed by atoms with van der Waals surface area (Å²) >= 11 is 0. The summed E-state index contributed by atoms with van der Waals surface area (Å²) < 4.78 is 5.12. The summed E-state index contributed by atoms with van der Waals surface area (Å²) in [5.41, 5.74) is 0.889. The first-order valence-corrected chi connectivity index (χ1v) is 7.09. The Morgan fingerprint density at radius 1 is 1.29 bits per heavy atom. The van der Waals surface area contributed by atoms with Crippen LogP contribution in [0, 0.1) is 0 Å². The molecule has 1 aromatic heterocycles. The zero-order valence-corrected chi connectivity index (χ0v) is 12.3. The fourth-order valence-corrected chi connectivity index (χ4v) is 2.12. The minimum Gasteiger partial charge on any atom is -0.394 e. The van der Waals surface area contributed by atoms with Gasteiger partial charge >= 0.3 is 0 Å². The third kappa shape index (κ3) is 3.31. The number of aromatic nitrogens is 1. The Bertz CT molecular complexity index is 580. The number of benzene rings is 1. The van der Waals surface area contributed by atoms with Crippen molar-refractivity contribution in [2.24, 2.45) is 0 Å². The maximum Gasteiger partial charge on any atom is 0.290 e. The van der Waals surface area contributed by atoms with Crippen LogP contribution in [0.1, 0.15) is 37.2 Å². The summed E-state index contributed by atoms with van der Waals surface area (Å²) in [6.07, 6.45) is 1.29. The predicted molar refractivity (Wildman–Crippen MR) is 79.8 cm³/mol. The SMILES string of the molecule is CCC(CC)(CO)NC(=O)c1cc(-c2ccccc2)no1. The van der Waals surface area contributed by atoms with Crippen LogP contribution in [-0.4, -0.2) is 28.3 Å². The van der Waals surface area contributed by atoms with Gasteiger partial charge in [-0.3, -0.25) is 4.79 Å². The monoisotopic (exact) mass is 288 g/mol. The first-order valence-electron chi connectivity index (χ1n) is 7.09. The molecule has 5 nitrogen and oxygen atoms in total. The van der Waals surface area contributed by atoms with Crippen LogP contribution >= 0.6 is 0 Å². The van der Waals surface area contributed by atoms with Gasteiger partial charge in [-0.15, -0.1) is 0 Å². The van der Waals surface area contributed by atoms with Gasteiger partial charge < -0.3 is 14.9 Å². The van der Waals surface area contributed by atoms with Crippen LogP contribution < -0.4 is 5.32 Å². The van der Waals surface area contributed by atoms with Gasteiger partial charge in [-0.05, 0) is 12.8 Å². The minimum atomic E-state index is -0.614. The number of nitrogens with zero attached hydrogens (tertiary/aromatic N) is 1. The molecule has 0 aliphatic rings. The molecular formula is C16H20N2O3. The van der Waals surface area contributed by atoms with Gasteiger partial charge in [0, 0.05) is 11.6 Å². The van der Waals surface area contributed by atoms with Crippen LogP contribution in [0.4, 0.5) is 0 Å². The number of aliphatic hydroxyl groups excluding tert-OH is 1. The van der Waals surface area contributed by atoms with E-state index in [1.54, 1.807) is 6.07 Å². The van der Waals surface area contributed by atoms with E-state index in [0.29, 0.717) is 18.5 Å². The van der Waals surface area contributed by atoms with E-state index < -0.39 is 5.54 Å². The highest BCUT2D eigenvalue weighted by Gasteiger charge is 2.29. The summed E-state index contributed by atoms with van der Waals surface area (Å²) in [6.45, 7) is 3.75. The van der Waals surface area contributed by atoms with Crippen molar-refractivity contribution >= 4 is 5.91 Å². The van der Waals surface area contributed by atoms with Crippen molar-refractivity contribution in [3.8, 4) is 11.3 Å². The largest absolute Gasteiger partial charge is 0.394 e. The van der Waals surface area contributed by atoms with E-state index in [1.807, 2.05) is 44.2 Å². The van der Waals surface area contributed by atoms with E-state index >= 15 is 0 Å². The summed E-state index contributed by atoms with van der Waals surface area (Å²) in [6, 6.07) is 11.1. The molecule has 0 saturated carbocycles. The highest BCUT2D eigenvalue weighted by molar-refractivity contribution is 5.92. The summed E-state index contributed by atoms with van der Waals surface area (Å²) in [7, 11) is 0. The van der Waals surface area contributed by atoms with Crippen molar-refractivity contribution in [1.82, 2.24) is 10.5 Å². The van der Waals surface area contributed by atoms with Crippen molar-refractivity contribution in [1.29, 1.82) is 0 Å². The van der Waals surface area contributed by atoms with Crippen molar-refractivity contribution in [2.75, 3.05) is 6.61 Å². The van der Waals surface area contributed by atoms with E-state index in [-0.39, 0.29) is 18.3 Å². The number of carbonyl (C=O) groups is 1. The molecule has 112 valence electrons. The minimum absolute atomic E-state index is 0.106. The number of nitrogens with one attached hydrogen (secondary N) is 1. The molecular weight excluding hydrogens is 268 g/mol. The predicted octanol–water partition coefficient (Wildman–Crippen LogP) is 2.62. The Morgan fingerprint density at radius 3 is 2.52 bits per heavy atom. The molecule has 1 aromatic carbocycles. The van der Waals surface area contributed by atoms with Gasteiger partial charge in [-0.25, -0.2) is 0 Å². The average Bonchev–Trinajstić information content (AvgIpc) is 3.04. The van der Waals surface area contributed by atoms with E-state index in [0.717, 1.165) is 5.56 Å². The Balaban J connectivity index is 2.16. The molecule has 1 heterocycles. The van der Waals surface area contributed by atoms with Gasteiger partial charge in [0.15, 0.2) is 0 Å².